The molecule has 1 N–H and O–H groups in total. The van der Waals surface area contributed by atoms with Crippen LogP contribution < -0.4 is 5.43 Å². The summed E-state index contributed by atoms with van der Waals surface area (Å²) < 4.78 is 1.73. The Labute approximate surface area is 131 Å². The third-order valence-corrected chi connectivity index (χ3v) is 3.69. The van der Waals surface area contributed by atoms with Gasteiger partial charge in [-0.2, -0.15) is 5.10 Å². The van der Waals surface area contributed by atoms with E-state index in [-0.39, 0.29) is 5.43 Å². The zero-order valence-corrected chi connectivity index (χ0v) is 12.4. The SMILES string of the molecule is Cn1ccc(-c2nc3[nH]ccc(=O)c3cc2-c2ccncc2)n1. The number of H-pyrrole nitrogens is 1. The van der Waals surface area contributed by atoms with E-state index in [4.69, 9.17) is 0 Å². The van der Waals surface area contributed by atoms with Crippen LogP contribution in [0.1, 0.15) is 0 Å². The molecule has 0 aromatic carbocycles. The Morgan fingerprint density at radius 3 is 2.70 bits per heavy atom. The largest absolute Gasteiger partial charge is 0.346 e. The van der Waals surface area contributed by atoms with Crippen LogP contribution in [-0.4, -0.2) is 24.7 Å². The molecule has 23 heavy (non-hydrogen) atoms. The molecule has 4 heterocycles. The smallest absolute Gasteiger partial charge is 0.191 e. The Morgan fingerprint density at radius 2 is 1.96 bits per heavy atom. The number of aromatic amines is 1. The number of fused-ring (bicyclic) bond motifs is 1. The summed E-state index contributed by atoms with van der Waals surface area (Å²) in [6.07, 6.45) is 6.91. The molecule has 0 aliphatic rings. The fraction of sp³-hybridized carbons (Fsp3) is 0.0588. The maximum Gasteiger partial charge on any atom is 0.191 e. The van der Waals surface area contributed by atoms with Crippen LogP contribution in [0.25, 0.3) is 33.5 Å². The molecule has 0 spiro atoms. The van der Waals surface area contributed by atoms with E-state index in [1.807, 2.05) is 37.5 Å². The first-order chi connectivity index (χ1) is 11.2. The van der Waals surface area contributed by atoms with Gasteiger partial charge in [0.2, 0.25) is 0 Å². The minimum atomic E-state index is -0.0610. The lowest BCUT2D eigenvalue weighted by atomic mass is 10.0. The predicted octanol–water partition coefficient (Wildman–Crippen LogP) is 2.39. The molecule has 0 atom stereocenters. The predicted molar refractivity (Wildman–Crippen MR) is 87.8 cm³/mol. The maximum atomic E-state index is 12.1. The monoisotopic (exact) mass is 303 g/mol. The molecule has 4 rings (SSSR count). The zero-order chi connectivity index (χ0) is 15.8. The summed E-state index contributed by atoms with van der Waals surface area (Å²) in [6, 6.07) is 9.06. The molecule has 6 nitrogen and oxygen atoms in total. The number of nitrogens with one attached hydrogen (secondary N) is 1. The highest BCUT2D eigenvalue weighted by atomic mass is 16.1. The number of pyridine rings is 3. The molecule has 4 aromatic heterocycles. The van der Waals surface area contributed by atoms with Crippen molar-refractivity contribution in [3.8, 4) is 22.5 Å². The molecule has 0 aliphatic heterocycles. The molecule has 6 heteroatoms. The lowest BCUT2D eigenvalue weighted by molar-refractivity contribution is 0.770. The minimum absolute atomic E-state index is 0.0610. The van der Waals surface area contributed by atoms with Crippen LogP contribution >= 0.6 is 0 Å². The summed E-state index contributed by atoms with van der Waals surface area (Å²) in [7, 11) is 1.86. The van der Waals surface area contributed by atoms with Crippen molar-refractivity contribution < 1.29 is 0 Å². The lowest BCUT2D eigenvalue weighted by Gasteiger charge is -2.09. The van der Waals surface area contributed by atoms with Crippen LogP contribution in [0.3, 0.4) is 0 Å². The standard InChI is InChI=1S/C17H13N5O/c1-22-9-5-14(21-22)16-12(11-2-6-18-7-3-11)10-13-15(23)4-8-19-17(13)20-16/h2-10H,1H3,(H,19,20,23). The van der Waals surface area contributed by atoms with Crippen molar-refractivity contribution in [3.05, 3.63) is 65.3 Å². The lowest BCUT2D eigenvalue weighted by Crippen LogP contribution is -2.03. The highest BCUT2D eigenvalue weighted by Gasteiger charge is 2.14. The molecule has 0 amide bonds. The summed E-state index contributed by atoms with van der Waals surface area (Å²) in [5, 5.41) is 5.00. The fourth-order valence-corrected chi connectivity index (χ4v) is 2.59. The maximum absolute atomic E-state index is 12.1. The first kappa shape index (κ1) is 13.4. The molecule has 0 unspecified atom stereocenters. The van der Waals surface area contributed by atoms with E-state index < -0.39 is 0 Å². The van der Waals surface area contributed by atoms with Crippen LogP contribution in [0.15, 0.2) is 59.9 Å². The van der Waals surface area contributed by atoms with E-state index in [0.29, 0.717) is 11.0 Å². The number of aryl methyl sites for hydroxylation is 1. The van der Waals surface area contributed by atoms with Gasteiger partial charge in [-0.1, -0.05) is 0 Å². The van der Waals surface area contributed by atoms with E-state index in [0.717, 1.165) is 22.5 Å². The molecular formula is C17H13N5O. The van der Waals surface area contributed by atoms with Crippen molar-refractivity contribution in [3.63, 3.8) is 0 Å². The second-order valence-corrected chi connectivity index (χ2v) is 5.23. The van der Waals surface area contributed by atoms with Crippen molar-refractivity contribution in [1.29, 1.82) is 0 Å². The van der Waals surface area contributed by atoms with Crippen molar-refractivity contribution in [2.45, 2.75) is 0 Å². The number of rotatable bonds is 2. The van der Waals surface area contributed by atoms with Crippen LogP contribution in [0.4, 0.5) is 0 Å². The first-order valence-corrected chi connectivity index (χ1v) is 7.15. The van der Waals surface area contributed by atoms with Gasteiger partial charge in [0.1, 0.15) is 17.0 Å². The average molecular weight is 303 g/mol. The third-order valence-electron chi connectivity index (χ3n) is 3.69. The molecule has 0 saturated heterocycles. The second kappa shape index (κ2) is 5.17. The van der Waals surface area contributed by atoms with Crippen molar-refractivity contribution in [2.24, 2.45) is 7.05 Å². The summed E-state index contributed by atoms with van der Waals surface area (Å²) >= 11 is 0. The van der Waals surface area contributed by atoms with E-state index in [2.05, 4.69) is 20.1 Å². The Bertz CT molecular complexity index is 1050. The van der Waals surface area contributed by atoms with Gasteiger partial charge in [0, 0.05) is 43.5 Å². The Balaban J connectivity index is 2.08. The van der Waals surface area contributed by atoms with Crippen LogP contribution in [0, 0.1) is 0 Å². The van der Waals surface area contributed by atoms with Crippen LogP contribution in [-0.2, 0) is 7.05 Å². The third kappa shape index (κ3) is 2.30. The van der Waals surface area contributed by atoms with Crippen molar-refractivity contribution >= 4 is 11.0 Å². The normalized spacial score (nSPS) is 11.0. The number of aromatic nitrogens is 5. The number of hydrogen-bond donors (Lipinski definition) is 1. The van der Waals surface area contributed by atoms with E-state index in [1.165, 1.54) is 6.07 Å². The average Bonchev–Trinajstić information content (AvgIpc) is 3.01. The van der Waals surface area contributed by atoms with Gasteiger partial charge in [0.15, 0.2) is 5.43 Å². The highest BCUT2D eigenvalue weighted by Crippen LogP contribution is 2.30. The first-order valence-electron chi connectivity index (χ1n) is 7.15. The molecule has 0 saturated carbocycles. The molecule has 112 valence electrons. The summed E-state index contributed by atoms with van der Waals surface area (Å²) in [4.78, 5) is 23.8. The van der Waals surface area contributed by atoms with Gasteiger partial charge < -0.3 is 4.98 Å². The molecule has 0 fully saturated rings. The molecule has 0 bridgehead atoms. The zero-order valence-electron chi connectivity index (χ0n) is 12.4. The van der Waals surface area contributed by atoms with Gasteiger partial charge >= 0.3 is 0 Å². The van der Waals surface area contributed by atoms with E-state index in [9.17, 15) is 4.79 Å². The minimum Gasteiger partial charge on any atom is -0.346 e. The Kier molecular flexibility index (Phi) is 3.01. The van der Waals surface area contributed by atoms with Gasteiger partial charge in [-0.15, -0.1) is 0 Å². The molecular weight excluding hydrogens is 290 g/mol. The Hall–Kier alpha value is -3.28. The molecule has 0 aliphatic carbocycles. The van der Waals surface area contributed by atoms with Gasteiger partial charge in [0.05, 0.1) is 5.39 Å². The summed E-state index contributed by atoms with van der Waals surface area (Å²) in [5.74, 6) is 0. The molecule has 4 aromatic rings. The van der Waals surface area contributed by atoms with Crippen molar-refractivity contribution in [1.82, 2.24) is 24.7 Å². The molecule has 0 radical (unpaired) electrons. The topological polar surface area (TPSA) is 76.5 Å². The van der Waals surface area contributed by atoms with Crippen LogP contribution in [0.2, 0.25) is 0 Å². The second-order valence-electron chi connectivity index (χ2n) is 5.23. The highest BCUT2D eigenvalue weighted by molar-refractivity contribution is 5.89. The van der Waals surface area contributed by atoms with Gasteiger partial charge in [0.25, 0.3) is 0 Å². The fourth-order valence-electron chi connectivity index (χ4n) is 2.59. The van der Waals surface area contributed by atoms with Gasteiger partial charge in [-0.05, 0) is 29.8 Å². The number of hydrogen-bond acceptors (Lipinski definition) is 4. The van der Waals surface area contributed by atoms with Gasteiger partial charge in [-0.25, -0.2) is 4.98 Å². The quantitative estimate of drug-likeness (QED) is 0.617. The van der Waals surface area contributed by atoms with Gasteiger partial charge in [-0.3, -0.25) is 14.5 Å². The van der Waals surface area contributed by atoms with E-state index in [1.54, 1.807) is 23.3 Å². The van der Waals surface area contributed by atoms with Crippen molar-refractivity contribution in [2.75, 3.05) is 0 Å². The number of nitrogens with zero attached hydrogens (tertiary/aromatic N) is 4. The van der Waals surface area contributed by atoms with Crippen LogP contribution in [0.5, 0.6) is 0 Å². The summed E-state index contributed by atoms with van der Waals surface area (Å²) in [6.45, 7) is 0. The Morgan fingerprint density at radius 1 is 1.13 bits per heavy atom. The van der Waals surface area contributed by atoms with E-state index >= 15 is 0 Å². The summed E-state index contributed by atoms with van der Waals surface area (Å²) in [5.41, 5.74) is 3.77.